The average Bonchev–Trinajstić information content (AvgIpc) is 2.25. The second kappa shape index (κ2) is 5.40. The maximum absolute atomic E-state index is 11.9. The number of hydrogen-bond donors (Lipinski definition) is 2. The molecule has 0 heterocycles. The summed E-state index contributed by atoms with van der Waals surface area (Å²) in [6, 6.07) is 3.29. The SMILES string of the molecule is CNc1ccc(C(=O)OC(C)(C)C)c(Cl)c1C=N. The Hall–Kier alpha value is -1.55. The van der Waals surface area contributed by atoms with E-state index in [2.05, 4.69) is 5.32 Å². The Bertz CT molecular complexity index is 479. The predicted octanol–water partition coefficient (Wildman–Crippen LogP) is 3.33. The molecule has 0 radical (unpaired) electrons. The number of rotatable bonds is 3. The number of ether oxygens (including phenoxy) is 1. The van der Waals surface area contributed by atoms with Gasteiger partial charge in [-0.2, -0.15) is 0 Å². The van der Waals surface area contributed by atoms with Gasteiger partial charge in [-0.1, -0.05) is 11.6 Å². The van der Waals surface area contributed by atoms with Crippen LogP contribution in [-0.4, -0.2) is 24.8 Å². The van der Waals surface area contributed by atoms with Crippen LogP contribution in [0.25, 0.3) is 0 Å². The highest BCUT2D eigenvalue weighted by atomic mass is 35.5. The summed E-state index contributed by atoms with van der Waals surface area (Å²) in [6.45, 7) is 5.37. The molecular formula is C13H17ClN2O2. The minimum atomic E-state index is -0.576. The standard InChI is InChI=1S/C13H17ClN2O2/c1-13(2,3)18-12(17)8-5-6-10(16-4)9(7-15)11(8)14/h5-7,15-16H,1-4H3. The lowest BCUT2D eigenvalue weighted by atomic mass is 10.1. The van der Waals surface area contributed by atoms with Crippen LogP contribution in [0.2, 0.25) is 5.02 Å². The van der Waals surface area contributed by atoms with Gasteiger partial charge in [0, 0.05) is 24.5 Å². The van der Waals surface area contributed by atoms with Crippen molar-refractivity contribution in [2.75, 3.05) is 12.4 Å². The van der Waals surface area contributed by atoms with Gasteiger partial charge in [0.05, 0.1) is 10.6 Å². The first kappa shape index (κ1) is 14.5. The molecule has 0 bridgehead atoms. The third-order valence-corrected chi connectivity index (χ3v) is 2.62. The van der Waals surface area contributed by atoms with Crippen LogP contribution in [0.1, 0.15) is 36.7 Å². The fraction of sp³-hybridized carbons (Fsp3) is 0.385. The Labute approximate surface area is 112 Å². The van der Waals surface area contributed by atoms with Crippen LogP contribution >= 0.6 is 11.6 Å². The van der Waals surface area contributed by atoms with Crippen molar-refractivity contribution in [3.63, 3.8) is 0 Å². The molecule has 0 aliphatic carbocycles. The van der Waals surface area contributed by atoms with Crippen LogP contribution in [0, 0.1) is 5.41 Å². The Morgan fingerprint density at radius 3 is 2.50 bits per heavy atom. The zero-order chi connectivity index (χ0) is 13.9. The Morgan fingerprint density at radius 2 is 2.06 bits per heavy atom. The number of hydrogen-bond acceptors (Lipinski definition) is 4. The summed E-state index contributed by atoms with van der Waals surface area (Å²) < 4.78 is 5.26. The molecule has 0 saturated heterocycles. The molecule has 0 aliphatic rings. The molecule has 0 unspecified atom stereocenters. The summed E-state index contributed by atoms with van der Waals surface area (Å²) in [4.78, 5) is 11.9. The van der Waals surface area contributed by atoms with Crippen LogP contribution in [-0.2, 0) is 4.74 Å². The molecule has 1 aromatic carbocycles. The number of halogens is 1. The molecule has 2 N–H and O–H groups in total. The fourth-order valence-electron chi connectivity index (χ4n) is 1.44. The van der Waals surface area contributed by atoms with Gasteiger partial charge in [0.2, 0.25) is 0 Å². The van der Waals surface area contributed by atoms with Crippen molar-refractivity contribution in [3.05, 3.63) is 28.3 Å². The lowest BCUT2D eigenvalue weighted by Gasteiger charge is -2.20. The van der Waals surface area contributed by atoms with Crippen LogP contribution in [0.15, 0.2) is 12.1 Å². The molecule has 4 nitrogen and oxygen atoms in total. The monoisotopic (exact) mass is 268 g/mol. The van der Waals surface area contributed by atoms with Gasteiger partial charge in [0.15, 0.2) is 0 Å². The predicted molar refractivity (Wildman–Crippen MR) is 74.1 cm³/mol. The molecule has 0 saturated carbocycles. The van der Waals surface area contributed by atoms with E-state index in [0.717, 1.165) is 6.21 Å². The van der Waals surface area contributed by atoms with Gasteiger partial charge >= 0.3 is 5.97 Å². The van der Waals surface area contributed by atoms with Crippen molar-refractivity contribution in [2.24, 2.45) is 0 Å². The Kier molecular flexibility index (Phi) is 4.35. The zero-order valence-corrected chi connectivity index (χ0v) is 11.7. The number of carbonyl (C=O) groups is 1. The molecule has 1 aromatic rings. The van der Waals surface area contributed by atoms with Crippen molar-refractivity contribution in [3.8, 4) is 0 Å². The van der Waals surface area contributed by atoms with E-state index in [0.29, 0.717) is 11.3 Å². The van der Waals surface area contributed by atoms with Crippen molar-refractivity contribution in [1.82, 2.24) is 0 Å². The van der Waals surface area contributed by atoms with Gasteiger partial charge in [-0.25, -0.2) is 4.79 Å². The second-order valence-electron chi connectivity index (χ2n) is 4.78. The average molecular weight is 269 g/mol. The largest absolute Gasteiger partial charge is 0.456 e. The van der Waals surface area contributed by atoms with Gasteiger partial charge in [-0.05, 0) is 32.9 Å². The molecule has 5 heteroatoms. The number of carbonyl (C=O) groups excluding carboxylic acids is 1. The summed E-state index contributed by atoms with van der Waals surface area (Å²) in [7, 11) is 1.73. The van der Waals surface area contributed by atoms with Crippen LogP contribution in [0.3, 0.4) is 0 Å². The summed E-state index contributed by atoms with van der Waals surface area (Å²) >= 11 is 6.12. The molecule has 0 spiro atoms. The number of nitrogens with one attached hydrogen (secondary N) is 2. The maximum atomic E-state index is 11.9. The van der Waals surface area contributed by atoms with Crippen LogP contribution in [0.4, 0.5) is 5.69 Å². The Morgan fingerprint density at radius 1 is 1.44 bits per heavy atom. The topological polar surface area (TPSA) is 62.2 Å². The molecule has 18 heavy (non-hydrogen) atoms. The van der Waals surface area contributed by atoms with E-state index < -0.39 is 11.6 Å². The molecule has 0 amide bonds. The van der Waals surface area contributed by atoms with Crippen molar-refractivity contribution >= 4 is 29.5 Å². The Balaban J connectivity index is 3.19. The maximum Gasteiger partial charge on any atom is 0.340 e. The smallest absolute Gasteiger partial charge is 0.340 e. The molecule has 1 rings (SSSR count). The quantitative estimate of drug-likeness (QED) is 0.653. The normalized spacial score (nSPS) is 10.9. The first-order chi connectivity index (χ1) is 8.30. The van der Waals surface area contributed by atoms with E-state index in [-0.39, 0.29) is 10.6 Å². The lowest BCUT2D eigenvalue weighted by molar-refractivity contribution is 0.00698. The van der Waals surface area contributed by atoms with E-state index in [4.69, 9.17) is 21.7 Å². The summed E-state index contributed by atoms with van der Waals surface area (Å²) in [6.07, 6.45) is 1.11. The fourth-order valence-corrected chi connectivity index (χ4v) is 1.74. The van der Waals surface area contributed by atoms with E-state index in [1.165, 1.54) is 0 Å². The van der Waals surface area contributed by atoms with Gasteiger partial charge in [-0.15, -0.1) is 0 Å². The minimum absolute atomic E-state index is 0.228. The van der Waals surface area contributed by atoms with Crippen molar-refractivity contribution in [1.29, 1.82) is 5.41 Å². The van der Waals surface area contributed by atoms with E-state index >= 15 is 0 Å². The highest BCUT2D eigenvalue weighted by molar-refractivity contribution is 6.36. The van der Waals surface area contributed by atoms with Gasteiger partial charge < -0.3 is 15.5 Å². The van der Waals surface area contributed by atoms with Crippen molar-refractivity contribution in [2.45, 2.75) is 26.4 Å². The van der Waals surface area contributed by atoms with Gasteiger partial charge in [-0.3, -0.25) is 0 Å². The number of esters is 1. The summed E-state index contributed by atoms with van der Waals surface area (Å²) in [5, 5.41) is 10.5. The molecule has 0 aromatic heterocycles. The second-order valence-corrected chi connectivity index (χ2v) is 5.16. The molecule has 98 valence electrons. The zero-order valence-electron chi connectivity index (χ0n) is 10.9. The highest BCUT2D eigenvalue weighted by Crippen LogP contribution is 2.28. The summed E-state index contributed by atoms with van der Waals surface area (Å²) in [5.74, 6) is -0.488. The first-order valence-electron chi connectivity index (χ1n) is 5.54. The van der Waals surface area contributed by atoms with E-state index in [1.54, 1.807) is 40.0 Å². The van der Waals surface area contributed by atoms with E-state index in [9.17, 15) is 4.79 Å². The van der Waals surface area contributed by atoms with Crippen LogP contribution < -0.4 is 5.32 Å². The molecular weight excluding hydrogens is 252 g/mol. The molecule has 0 atom stereocenters. The molecule has 0 fully saturated rings. The summed E-state index contributed by atoms with van der Waals surface area (Å²) in [5.41, 5.74) is 0.862. The third-order valence-electron chi connectivity index (χ3n) is 2.21. The van der Waals surface area contributed by atoms with E-state index in [1.807, 2.05) is 0 Å². The van der Waals surface area contributed by atoms with Gasteiger partial charge in [0.25, 0.3) is 0 Å². The number of anilines is 1. The third kappa shape index (κ3) is 3.23. The minimum Gasteiger partial charge on any atom is -0.456 e. The van der Waals surface area contributed by atoms with Crippen LogP contribution in [0.5, 0.6) is 0 Å². The highest BCUT2D eigenvalue weighted by Gasteiger charge is 2.21. The van der Waals surface area contributed by atoms with Gasteiger partial charge in [0.1, 0.15) is 5.60 Å². The van der Waals surface area contributed by atoms with Crippen molar-refractivity contribution < 1.29 is 9.53 Å². The molecule has 0 aliphatic heterocycles. The number of benzene rings is 1. The lowest BCUT2D eigenvalue weighted by Crippen LogP contribution is -2.24. The first-order valence-corrected chi connectivity index (χ1v) is 5.92.